The molecule has 0 spiro atoms. The van der Waals surface area contributed by atoms with Crippen molar-refractivity contribution >= 4 is 17.5 Å². The third-order valence-electron chi connectivity index (χ3n) is 3.59. The number of carbonyl (C=O) groups excluding carboxylic acids is 1. The predicted octanol–water partition coefficient (Wildman–Crippen LogP) is 2.96. The second-order valence-electron chi connectivity index (χ2n) is 5.64. The van der Waals surface area contributed by atoms with E-state index in [-0.39, 0.29) is 11.3 Å². The van der Waals surface area contributed by atoms with Crippen LogP contribution in [0.15, 0.2) is 0 Å². The Morgan fingerprint density at radius 3 is 2.56 bits per heavy atom. The second-order valence-corrected chi connectivity index (χ2v) is 6.02. The Hall–Kier alpha value is -0.280. The summed E-state index contributed by atoms with van der Waals surface area (Å²) in [6, 6.07) is 0. The zero-order valence-electron chi connectivity index (χ0n) is 11.6. The Morgan fingerprint density at radius 1 is 1.33 bits per heavy atom. The topological polar surface area (TPSA) is 38.3 Å². The van der Waals surface area contributed by atoms with Crippen molar-refractivity contribution in [3.05, 3.63) is 0 Å². The Labute approximate surface area is 116 Å². The van der Waals surface area contributed by atoms with E-state index in [1.54, 1.807) is 0 Å². The van der Waals surface area contributed by atoms with Gasteiger partial charge in [0, 0.05) is 17.8 Å². The van der Waals surface area contributed by atoms with Crippen LogP contribution in [0.25, 0.3) is 0 Å². The first-order valence-corrected chi connectivity index (χ1v) is 7.56. The molecule has 106 valence electrons. The first-order valence-electron chi connectivity index (χ1n) is 7.03. The molecular formula is C14H26ClNO2. The summed E-state index contributed by atoms with van der Waals surface area (Å²) in [6.07, 6.45) is 5.45. The average molecular weight is 276 g/mol. The summed E-state index contributed by atoms with van der Waals surface area (Å²) in [7, 11) is 0. The lowest BCUT2D eigenvalue weighted by Crippen LogP contribution is -2.41. The van der Waals surface area contributed by atoms with E-state index in [2.05, 4.69) is 19.2 Å². The minimum Gasteiger partial charge on any atom is -0.378 e. The maximum Gasteiger partial charge on any atom is 0.226 e. The van der Waals surface area contributed by atoms with E-state index in [0.29, 0.717) is 31.6 Å². The molecule has 3 nitrogen and oxygen atoms in total. The van der Waals surface area contributed by atoms with Gasteiger partial charge in [0.25, 0.3) is 0 Å². The number of hydrogen-bond acceptors (Lipinski definition) is 2. The van der Waals surface area contributed by atoms with Crippen molar-refractivity contribution in [2.45, 2.75) is 46.0 Å². The van der Waals surface area contributed by atoms with Crippen molar-refractivity contribution in [1.29, 1.82) is 0 Å². The number of halogens is 1. The van der Waals surface area contributed by atoms with Crippen LogP contribution in [0, 0.1) is 11.3 Å². The van der Waals surface area contributed by atoms with E-state index in [1.807, 2.05) is 0 Å². The van der Waals surface area contributed by atoms with Gasteiger partial charge in [0.1, 0.15) is 0 Å². The van der Waals surface area contributed by atoms with Crippen molar-refractivity contribution in [1.82, 2.24) is 5.32 Å². The molecule has 0 unspecified atom stereocenters. The lowest BCUT2D eigenvalue weighted by molar-refractivity contribution is -0.132. The van der Waals surface area contributed by atoms with Gasteiger partial charge in [-0.15, -0.1) is 11.6 Å². The molecule has 1 N–H and O–H groups in total. The quantitative estimate of drug-likeness (QED) is 0.546. The van der Waals surface area contributed by atoms with Gasteiger partial charge >= 0.3 is 0 Å². The molecule has 1 fully saturated rings. The van der Waals surface area contributed by atoms with Crippen molar-refractivity contribution in [2.75, 3.05) is 25.6 Å². The molecule has 4 heteroatoms. The lowest BCUT2D eigenvalue weighted by Gasteiger charge is -2.29. The van der Waals surface area contributed by atoms with E-state index < -0.39 is 0 Å². The molecule has 0 aromatic heterocycles. The van der Waals surface area contributed by atoms with E-state index in [4.69, 9.17) is 16.3 Å². The Bertz CT molecular complexity index is 250. The van der Waals surface area contributed by atoms with E-state index in [0.717, 1.165) is 19.3 Å². The summed E-state index contributed by atoms with van der Waals surface area (Å²) in [5, 5.41) is 3.02. The van der Waals surface area contributed by atoms with Gasteiger partial charge in [-0.05, 0) is 25.2 Å². The van der Waals surface area contributed by atoms with Crippen LogP contribution in [-0.4, -0.2) is 31.5 Å². The van der Waals surface area contributed by atoms with Gasteiger partial charge in [-0.25, -0.2) is 0 Å². The normalized spacial score (nSPS) is 18.2. The van der Waals surface area contributed by atoms with E-state index in [9.17, 15) is 4.79 Å². The summed E-state index contributed by atoms with van der Waals surface area (Å²) >= 11 is 5.51. The number of ether oxygens (including phenoxy) is 1. The monoisotopic (exact) mass is 275 g/mol. The van der Waals surface area contributed by atoms with Gasteiger partial charge < -0.3 is 10.1 Å². The summed E-state index contributed by atoms with van der Waals surface area (Å²) in [5.41, 5.74) is -0.110. The number of rotatable bonds is 8. The van der Waals surface area contributed by atoms with Crippen LogP contribution in [0.3, 0.4) is 0 Å². The first-order chi connectivity index (χ1) is 8.60. The van der Waals surface area contributed by atoms with Crippen molar-refractivity contribution in [3.63, 3.8) is 0 Å². The molecule has 1 aliphatic carbocycles. The highest BCUT2D eigenvalue weighted by Crippen LogP contribution is 2.43. The largest absolute Gasteiger partial charge is 0.378 e. The van der Waals surface area contributed by atoms with Gasteiger partial charge in [-0.1, -0.05) is 26.7 Å². The molecule has 1 saturated carbocycles. The van der Waals surface area contributed by atoms with Crippen LogP contribution >= 0.6 is 11.6 Å². The molecule has 0 saturated heterocycles. The van der Waals surface area contributed by atoms with Crippen LogP contribution in [-0.2, 0) is 9.53 Å². The summed E-state index contributed by atoms with van der Waals surface area (Å²) in [5.74, 6) is 1.30. The molecule has 1 aliphatic rings. The van der Waals surface area contributed by atoms with Crippen LogP contribution < -0.4 is 5.32 Å². The third-order valence-corrected chi connectivity index (χ3v) is 3.75. The molecular weight excluding hydrogens is 250 g/mol. The second kappa shape index (κ2) is 8.00. The van der Waals surface area contributed by atoms with Crippen LogP contribution in [0.5, 0.6) is 0 Å². The number of nitrogens with one attached hydrogen (secondary N) is 1. The Kier molecular flexibility index (Phi) is 7.02. The first kappa shape index (κ1) is 15.8. The van der Waals surface area contributed by atoms with Gasteiger partial charge in [0.05, 0.1) is 13.2 Å². The number of alkyl halides is 1. The van der Waals surface area contributed by atoms with E-state index >= 15 is 0 Å². The summed E-state index contributed by atoms with van der Waals surface area (Å²) in [4.78, 5) is 12.3. The molecule has 0 atom stereocenters. The van der Waals surface area contributed by atoms with Crippen molar-refractivity contribution in [3.8, 4) is 0 Å². The molecule has 0 aliphatic heterocycles. The fourth-order valence-electron chi connectivity index (χ4n) is 2.94. The van der Waals surface area contributed by atoms with Gasteiger partial charge in [0.2, 0.25) is 5.91 Å². The Morgan fingerprint density at radius 2 is 2.00 bits per heavy atom. The number of amides is 1. The molecule has 0 aromatic rings. The maximum absolute atomic E-state index is 12.3. The lowest BCUT2D eigenvalue weighted by atomic mass is 9.77. The molecule has 1 rings (SSSR count). The Balaban J connectivity index is 2.36. The number of hydrogen-bond donors (Lipinski definition) is 1. The SMILES string of the molecule is CC(C)CC1(C(=O)NCCOCCCl)CCCC1. The van der Waals surface area contributed by atoms with Crippen LogP contribution in [0.4, 0.5) is 0 Å². The maximum atomic E-state index is 12.3. The summed E-state index contributed by atoms with van der Waals surface area (Å²) < 4.78 is 5.26. The minimum atomic E-state index is -0.110. The fraction of sp³-hybridized carbons (Fsp3) is 0.929. The number of carbonyl (C=O) groups is 1. The third kappa shape index (κ3) is 4.77. The molecule has 18 heavy (non-hydrogen) atoms. The van der Waals surface area contributed by atoms with Crippen LogP contribution in [0.1, 0.15) is 46.0 Å². The standard InChI is InChI=1S/C14H26ClNO2/c1-12(2)11-14(5-3-4-6-14)13(17)16-8-10-18-9-7-15/h12H,3-11H2,1-2H3,(H,16,17). The molecule has 0 aromatic carbocycles. The van der Waals surface area contributed by atoms with Crippen LogP contribution in [0.2, 0.25) is 0 Å². The fourth-order valence-corrected chi connectivity index (χ4v) is 3.05. The highest BCUT2D eigenvalue weighted by molar-refractivity contribution is 6.17. The van der Waals surface area contributed by atoms with E-state index in [1.165, 1.54) is 12.8 Å². The predicted molar refractivity (Wildman–Crippen MR) is 74.9 cm³/mol. The van der Waals surface area contributed by atoms with Gasteiger partial charge in [-0.2, -0.15) is 0 Å². The van der Waals surface area contributed by atoms with Crippen molar-refractivity contribution < 1.29 is 9.53 Å². The zero-order valence-corrected chi connectivity index (χ0v) is 12.4. The summed E-state index contributed by atoms with van der Waals surface area (Å²) in [6.45, 7) is 6.08. The highest BCUT2D eigenvalue weighted by Gasteiger charge is 2.40. The molecule has 0 radical (unpaired) electrons. The molecule has 0 heterocycles. The smallest absolute Gasteiger partial charge is 0.226 e. The zero-order chi connectivity index (χ0) is 13.4. The van der Waals surface area contributed by atoms with Gasteiger partial charge in [0.15, 0.2) is 0 Å². The molecule has 1 amide bonds. The average Bonchev–Trinajstić information content (AvgIpc) is 2.77. The molecule has 0 bridgehead atoms. The minimum absolute atomic E-state index is 0.110. The van der Waals surface area contributed by atoms with Gasteiger partial charge in [-0.3, -0.25) is 4.79 Å². The highest BCUT2D eigenvalue weighted by atomic mass is 35.5. The van der Waals surface area contributed by atoms with Crippen molar-refractivity contribution in [2.24, 2.45) is 11.3 Å².